The number of hydrogen-bond donors (Lipinski definition) is 2. The first kappa shape index (κ1) is 19.1. The zero-order chi connectivity index (χ0) is 21.2. The van der Waals surface area contributed by atoms with E-state index in [1.807, 2.05) is 60.7 Å². The maximum Gasteiger partial charge on any atom is 0.327 e. The van der Waals surface area contributed by atoms with Gasteiger partial charge in [0.1, 0.15) is 29.5 Å². The largest absolute Gasteiger partial charge is 0.457 e. The van der Waals surface area contributed by atoms with Crippen LogP contribution in [0.5, 0.6) is 11.5 Å². The highest BCUT2D eigenvalue weighted by atomic mass is 16.5. The molecule has 0 unspecified atom stereocenters. The topological polar surface area (TPSA) is 93.4 Å². The summed E-state index contributed by atoms with van der Waals surface area (Å²) in [5.74, 6) is 2.40. The van der Waals surface area contributed by atoms with E-state index in [-0.39, 0.29) is 12.1 Å². The number of aromatic nitrogens is 2. The van der Waals surface area contributed by atoms with Gasteiger partial charge in [0.15, 0.2) is 0 Å². The second-order valence-electron chi connectivity index (χ2n) is 7.73. The lowest BCUT2D eigenvalue weighted by molar-refractivity contribution is 0.247. The maximum atomic E-state index is 13.2. The van der Waals surface area contributed by atoms with Gasteiger partial charge in [0.05, 0.1) is 11.3 Å². The molecule has 156 valence electrons. The van der Waals surface area contributed by atoms with Crippen molar-refractivity contribution in [2.45, 2.75) is 31.7 Å². The number of carbonyl (C=O) groups excluding carboxylic acids is 1. The number of nitrogens with two attached hydrogens (primary N) is 1. The lowest BCUT2D eigenvalue weighted by Crippen LogP contribution is -2.44. The highest BCUT2D eigenvalue weighted by Crippen LogP contribution is 2.35. The minimum Gasteiger partial charge on any atom is -0.457 e. The molecule has 2 aromatic carbocycles. The van der Waals surface area contributed by atoms with E-state index < -0.39 is 0 Å². The third-order valence-electron chi connectivity index (χ3n) is 5.71. The van der Waals surface area contributed by atoms with E-state index in [1.165, 1.54) is 6.33 Å². The number of nitrogens with one attached hydrogen (secondary N) is 1. The Hall–Kier alpha value is -3.87. The Morgan fingerprint density at radius 2 is 1.68 bits per heavy atom. The zero-order valence-electron chi connectivity index (χ0n) is 17.0. The smallest absolute Gasteiger partial charge is 0.327 e. The molecule has 2 heterocycles. The molecule has 1 saturated carbocycles. The number of nitrogens with zero attached hydrogens (tertiary/aromatic N) is 3. The summed E-state index contributed by atoms with van der Waals surface area (Å²) >= 11 is 0. The van der Waals surface area contributed by atoms with Crippen LogP contribution in [0.2, 0.25) is 0 Å². The van der Waals surface area contributed by atoms with Crippen LogP contribution < -0.4 is 20.7 Å². The summed E-state index contributed by atoms with van der Waals surface area (Å²) < 4.78 is 5.87. The van der Waals surface area contributed by atoms with Crippen LogP contribution in [0.1, 0.15) is 36.8 Å². The lowest BCUT2D eigenvalue weighted by Gasteiger charge is -2.28. The zero-order valence-corrected chi connectivity index (χ0v) is 17.0. The molecule has 7 heteroatoms. The van der Waals surface area contributed by atoms with Gasteiger partial charge in [0.2, 0.25) is 0 Å². The Morgan fingerprint density at radius 3 is 2.42 bits per heavy atom. The first-order valence-corrected chi connectivity index (χ1v) is 10.4. The predicted octanol–water partition coefficient (Wildman–Crippen LogP) is 4.82. The number of benzene rings is 2. The molecule has 3 aromatic rings. The fourth-order valence-electron chi connectivity index (χ4n) is 4.17. The van der Waals surface area contributed by atoms with Crippen LogP contribution in [0.3, 0.4) is 0 Å². The molecular weight excluding hydrogens is 390 g/mol. The number of fused-ring (bicyclic) bond motifs is 1. The molecule has 2 amide bonds. The molecule has 0 atom stereocenters. The van der Waals surface area contributed by atoms with Crippen LogP contribution in [0, 0.1) is 0 Å². The number of anilines is 2. The van der Waals surface area contributed by atoms with Crippen LogP contribution in [0.15, 0.2) is 60.9 Å². The Kier molecular flexibility index (Phi) is 5.00. The van der Waals surface area contributed by atoms with E-state index in [0.29, 0.717) is 28.6 Å². The molecule has 31 heavy (non-hydrogen) atoms. The van der Waals surface area contributed by atoms with Gasteiger partial charge < -0.3 is 15.8 Å². The average Bonchev–Trinajstić information content (AvgIpc) is 3.26. The summed E-state index contributed by atoms with van der Waals surface area (Å²) in [6, 6.07) is 17.1. The molecule has 1 aromatic heterocycles. The molecular formula is C24H23N5O2. The minimum absolute atomic E-state index is 0.113. The standard InChI is InChI=1S/C24H23N5O2/c25-22-20-14-21(16-10-12-19(13-11-16)31-18-8-2-1-3-9-18)28-24(30)29(17-6-4-5-7-17)23(20)27-15-26-22/h1-3,8-15,17H,4-7H2,(H,28,30)(H2,25,26,27). The fourth-order valence-corrected chi connectivity index (χ4v) is 4.17. The number of hydrogen-bond acceptors (Lipinski definition) is 5. The molecule has 2 aliphatic rings. The second kappa shape index (κ2) is 8.10. The first-order valence-electron chi connectivity index (χ1n) is 10.4. The number of ether oxygens (including phenoxy) is 1. The van der Waals surface area contributed by atoms with Gasteiger partial charge in [-0.3, -0.25) is 4.90 Å². The van der Waals surface area contributed by atoms with E-state index in [9.17, 15) is 4.79 Å². The summed E-state index contributed by atoms with van der Waals surface area (Å²) in [7, 11) is 0. The number of urea groups is 1. The van der Waals surface area contributed by atoms with Crippen molar-refractivity contribution in [1.29, 1.82) is 0 Å². The number of carbonyl (C=O) groups is 1. The van der Waals surface area contributed by atoms with Gasteiger partial charge in [-0.15, -0.1) is 0 Å². The molecule has 1 fully saturated rings. The van der Waals surface area contributed by atoms with Crippen LogP contribution in [0.25, 0.3) is 11.8 Å². The van der Waals surface area contributed by atoms with Crippen molar-refractivity contribution in [3.63, 3.8) is 0 Å². The lowest BCUT2D eigenvalue weighted by atomic mass is 10.1. The molecule has 0 saturated heterocycles. The van der Waals surface area contributed by atoms with Crippen molar-refractivity contribution in [3.8, 4) is 11.5 Å². The van der Waals surface area contributed by atoms with Gasteiger partial charge in [-0.05, 0) is 60.9 Å². The first-order chi connectivity index (χ1) is 15.2. The summed E-state index contributed by atoms with van der Waals surface area (Å²) in [5, 5.41) is 3.05. The van der Waals surface area contributed by atoms with E-state index >= 15 is 0 Å². The average molecular weight is 413 g/mol. The van der Waals surface area contributed by atoms with Gasteiger partial charge >= 0.3 is 6.03 Å². The SMILES string of the molecule is Nc1ncnc2c1C=C(c1ccc(Oc3ccccc3)cc1)NC(=O)N2C1CCCC1. The molecule has 0 radical (unpaired) electrons. The van der Waals surface area contributed by atoms with Crippen molar-refractivity contribution in [2.24, 2.45) is 0 Å². The highest BCUT2D eigenvalue weighted by molar-refractivity contribution is 6.05. The van der Waals surface area contributed by atoms with Gasteiger partial charge in [-0.2, -0.15) is 0 Å². The van der Waals surface area contributed by atoms with Gasteiger partial charge in [0.25, 0.3) is 0 Å². The van der Waals surface area contributed by atoms with Crippen molar-refractivity contribution < 1.29 is 9.53 Å². The Bertz CT molecular complexity index is 1120. The summed E-state index contributed by atoms with van der Waals surface area (Å²) in [4.78, 5) is 23.5. The van der Waals surface area contributed by atoms with E-state index in [2.05, 4.69) is 15.3 Å². The van der Waals surface area contributed by atoms with E-state index in [1.54, 1.807) is 4.90 Å². The summed E-state index contributed by atoms with van der Waals surface area (Å²) in [6.45, 7) is 0. The molecule has 7 nitrogen and oxygen atoms in total. The van der Waals surface area contributed by atoms with Crippen molar-refractivity contribution in [2.75, 3.05) is 10.6 Å². The number of rotatable bonds is 4. The molecule has 0 bridgehead atoms. The van der Waals surface area contributed by atoms with Crippen LogP contribution >= 0.6 is 0 Å². The fraction of sp³-hybridized carbons (Fsp3) is 0.208. The van der Waals surface area contributed by atoms with Crippen molar-refractivity contribution in [1.82, 2.24) is 15.3 Å². The van der Waals surface area contributed by atoms with Crippen molar-refractivity contribution in [3.05, 3.63) is 72.1 Å². The monoisotopic (exact) mass is 413 g/mol. The van der Waals surface area contributed by atoms with Crippen LogP contribution in [-0.2, 0) is 0 Å². The molecule has 5 rings (SSSR count). The number of para-hydroxylation sites is 1. The molecule has 1 aliphatic carbocycles. The van der Waals surface area contributed by atoms with E-state index in [0.717, 1.165) is 37.0 Å². The highest BCUT2D eigenvalue weighted by Gasteiger charge is 2.33. The number of amides is 2. The van der Waals surface area contributed by atoms with Crippen LogP contribution in [0.4, 0.5) is 16.4 Å². The third kappa shape index (κ3) is 3.82. The summed E-state index contributed by atoms with van der Waals surface area (Å²) in [5.41, 5.74) is 8.34. The third-order valence-corrected chi connectivity index (χ3v) is 5.71. The number of nitrogen functional groups attached to an aromatic ring is 1. The molecule has 0 spiro atoms. The Balaban J connectivity index is 1.47. The van der Waals surface area contributed by atoms with Gasteiger partial charge in [-0.1, -0.05) is 31.0 Å². The minimum atomic E-state index is -0.195. The van der Waals surface area contributed by atoms with Crippen LogP contribution in [-0.4, -0.2) is 22.0 Å². The Labute approximate surface area is 180 Å². The van der Waals surface area contributed by atoms with Gasteiger partial charge in [-0.25, -0.2) is 14.8 Å². The normalized spacial score (nSPS) is 16.3. The van der Waals surface area contributed by atoms with E-state index in [4.69, 9.17) is 10.5 Å². The van der Waals surface area contributed by atoms with Crippen molar-refractivity contribution >= 4 is 29.4 Å². The maximum absolute atomic E-state index is 13.2. The molecule has 3 N–H and O–H groups in total. The summed E-state index contributed by atoms with van der Waals surface area (Å²) in [6.07, 6.45) is 7.39. The quantitative estimate of drug-likeness (QED) is 0.639. The second-order valence-corrected chi connectivity index (χ2v) is 7.73. The van der Waals surface area contributed by atoms with Gasteiger partial charge in [0, 0.05) is 6.04 Å². The predicted molar refractivity (Wildman–Crippen MR) is 121 cm³/mol. The Morgan fingerprint density at radius 1 is 0.968 bits per heavy atom. The molecule has 1 aliphatic heterocycles.